The number of nitrogens with one attached hydrogen (secondary N) is 2. The average molecular weight is 462 g/mol. The Bertz CT molecular complexity index is 1270. The van der Waals surface area contributed by atoms with Crippen molar-refractivity contribution in [3.63, 3.8) is 0 Å². The first-order valence-corrected chi connectivity index (χ1v) is 13.0. The van der Waals surface area contributed by atoms with Crippen LogP contribution in [0.2, 0.25) is 0 Å². The van der Waals surface area contributed by atoms with E-state index in [2.05, 4.69) is 10.3 Å². The lowest BCUT2D eigenvalue weighted by Crippen LogP contribution is -2.51. The number of rotatable bonds is 4. The van der Waals surface area contributed by atoms with Gasteiger partial charge >= 0.3 is 0 Å². The number of aromatic amines is 1. The second-order valence-electron chi connectivity index (χ2n) is 10.6. The molecule has 3 aromatic heterocycles. The van der Waals surface area contributed by atoms with Gasteiger partial charge in [-0.25, -0.2) is 4.98 Å². The van der Waals surface area contributed by atoms with E-state index >= 15 is 0 Å². The Labute approximate surface area is 195 Å². The molecular formula is C25H27N5O2S. The fourth-order valence-electron chi connectivity index (χ4n) is 7.34. The summed E-state index contributed by atoms with van der Waals surface area (Å²) < 4.78 is 1.62. The zero-order valence-electron chi connectivity index (χ0n) is 18.5. The number of thiophene rings is 1. The summed E-state index contributed by atoms with van der Waals surface area (Å²) in [6.45, 7) is 0. The van der Waals surface area contributed by atoms with Gasteiger partial charge in [-0.3, -0.25) is 14.6 Å². The number of amides is 1. The molecule has 0 saturated heterocycles. The second-order valence-corrected chi connectivity index (χ2v) is 11.6. The van der Waals surface area contributed by atoms with Crippen LogP contribution < -0.4 is 10.9 Å². The molecule has 33 heavy (non-hydrogen) atoms. The molecule has 5 aliphatic rings. The van der Waals surface area contributed by atoms with E-state index in [1.54, 1.807) is 16.0 Å². The molecule has 4 bridgehead atoms. The van der Waals surface area contributed by atoms with Crippen LogP contribution in [0.25, 0.3) is 16.5 Å². The van der Waals surface area contributed by atoms with Crippen molar-refractivity contribution >= 4 is 23.1 Å². The molecule has 0 atom stereocenters. The highest BCUT2D eigenvalue weighted by atomic mass is 32.1. The molecule has 0 aromatic carbocycles. The van der Waals surface area contributed by atoms with Gasteiger partial charge in [-0.15, -0.1) is 11.3 Å². The number of carbonyl (C=O) groups excluding carboxylic acids is 1. The van der Waals surface area contributed by atoms with Gasteiger partial charge in [0.1, 0.15) is 11.5 Å². The van der Waals surface area contributed by atoms with Crippen molar-refractivity contribution in [3.05, 3.63) is 45.2 Å². The monoisotopic (exact) mass is 461 g/mol. The molecule has 170 valence electrons. The van der Waals surface area contributed by atoms with E-state index in [4.69, 9.17) is 10.1 Å². The molecule has 0 radical (unpaired) electrons. The van der Waals surface area contributed by atoms with Gasteiger partial charge in [0, 0.05) is 11.6 Å². The molecule has 0 aliphatic heterocycles. The molecule has 8 rings (SSSR count). The fraction of sp³-hybridized carbons (Fsp3) is 0.520. The molecule has 8 heteroatoms. The summed E-state index contributed by atoms with van der Waals surface area (Å²) in [5, 5.41) is 10.0. The van der Waals surface area contributed by atoms with Crippen LogP contribution in [-0.4, -0.2) is 25.7 Å². The van der Waals surface area contributed by atoms with Crippen LogP contribution in [0.3, 0.4) is 0 Å². The lowest BCUT2D eigenvalue weighted by atomic mass is 9.49. The summed E-state index contributed by atoms with van der Waals surface area (Å²) in [4.78, 5) is 35.1. The highest BCUT2D eigenvalue weighted by Gasteiger charge is 2.54. The van der Waals surface area contributed by atoms with Crippen molar-refractivity contribution in [1.29, 1.82) is 0 Å². The molecule has 0 unspecified atom stereocenters. The van der Waals surface area contributed by atoms with Crippen LogP contribution in [0.1, 0.15) is 56.2 Å². The minimum atomic E-state index is -0.258. The van der Waals surface area contributed by atoms with Crippen molar-refractivity contribution in [2.45, 2.75) is 57.8 Å². The van der Waals surface area contributed by atoms with Crippen LogP contribution in [0.4, 0.5) is 5.82 Å². The van der Waals surface area contributed by atoms with Gasteiger partial charge < -0.3 is 5.32 Å². The van der Waals surface area contributed by atoms with Crippen molar-refractivity contribution in [2.75, 3.05) is 5.32 Å². The third kappa shape index (κ3) is 3.14. The molecule has 3 heterocycles. The molecule has 2 N–H and O–H groups in total. The van der Waals surface area contributed by atoms with Crippen LogP contribution in [0, 0.1) is 23.2 Å². The lowest BCUT2D eigenvalue weighted by Gasteiger charge is -2.55. The van der Waals surface area contributed by atoms with E-state index in [-0.39, 0.29) is 16.9 Å². The number of aryl methyl sites for hydroxylation is 1. The van der Waals surface area contributed by atoms with E-state index in [0.29, 0.717) is 29.5 Å². The maximum atomic E-state index is 13.8. The molecule has 4 fully saturated rings. The molecule has 0 spiro atoms. The Morgan fingerprint density at radius 1 is 1.15 bits per heavy atom. The van der Waals surface area contributed by atoms with E-state index in [9.17, 15) is 9.59 Å². The van der Waals surface area contributed by atoms with Gasteiger partial charge in [0.05, 0.1) is 16.0 Å². The molecule has 4 saturated carbocycles. The number of carbonyl (C=O) groups is 1. The first-order chi connectivity index (χ1) is 16.1. The summed E-state index contributed by atoms with van der Waals surface area (Å²) in [6, 6.07) is 5.92. The number of hydrogen-bond donors (Lipinski definition) is 2. The first kappa shape index (κ1) is 19.7. The van der Waals surface area contributed by atoms with E-state index in [0.717, 1.165) is 60.4 Å². The Hall–Kier alpha value is -2.74. The summed E-state index contributed by atoms with van der Waals surface area (Å²) in [5.74, 6) is 3.17. The van der Waals surface area contributed by atoms with Crippen LogP contribution in [0.15, 0.2) is 28.4 Å². The van der Waals surface area contributed by atoms with Crippen molar-refractivity contribution < 1.29 is 4.79 Å². The van der Waals surface area contributed by atoms with Gasteiger partial charge in [-0.1, -0.05) is 6.07 Å². The third-order valence-corrected chi connectivity index (χ3v) is 9.27. The number of aromatic nitrogens is 4. The Kier molecular flexibility index (Phi) is 4.26. The predicted molar refractivity (Wildman–Crippen MR) is 127 cm³/mol. The van der Waals surface area contributed by atoms with Crippen LogP contribution >= 0.6 is 11.3 Å². The number of hydrogen-bond acceptors (Lipinski definition) is 5. The smallest absolute Gasteiger partial charge is 0.255 e. The maximum absolute atomic E-state index is 13.8. The quantitative estimate of drug-likeness (QED) is 0.605. The number of H-pyrrole nitrogens is 1. The highest BCUT2D eigenvalue weighted by Crippen LogP contribution is 2.60. The van der Waals surface area contributed by atoms with Crippen molar-refractivity contribution in [2.24, 2.45) is 23.2 Å². The summed E-state index contributed by atoms with van der Waals surface area (Å²) in [7, 11) is 0. The average Bonchev–Trinajstić information content (AvgIpc) is 3.53. The number of nitrogens with zero attached hydrogens (tertiary/aromatic N) is 3. The van der Waals surface area contributed by atoms with Gasteiger partial charge in [0.15, 0.2) is 0 Å². The summed E-state index contributed by atoms with van der Waals surface area (Å²) >= 11 is 1.60. The van der Waals surface area contributed by atoms with Crippen LogP contribution in [0.5, 0.6) is 0 Å². The predicted octanol–water partition coefficient (Wildman–Crippen LogP) is 4.33. The van der Waals surface area contributed by atoms with Crippen molar-refractivity contribution in [3.8, 4) is 16.5 Å². The third-order valence-electron chi connectivity index (χ3n) is 8.37. The molecule has 1 amide bonds. The van der Waals surface area contributed by atoms with Gasteiger partial charge in [-0.05, 0) is 87.0 Å². The van der Waals surface area contributed by atoms with E-state index in [1.165, 1.54) is 19.3 Å². The second kappa shape index (κ2) is 7.13. The van der Waals surface area contributed by atoms with E-state index < -0.39 is 0 Å². The molecule has 5 aliphatic carbocycles. The SMILES string of the molecule is O=C(Nc1cc(-c2cccs2)nn1-c1nc2c(c(=O)[nH]1)CCC2)C12CC3CC(CC(C3)C1)C2. The Morgan fingerprint density at radius 2 is 1.91 bits per heavy atom. The topological polar surface area (TPSA) is 92.7 Å². The van der Waals surface area contributed by atoms with Gasteiger partial charge in [-0.2, -0.15) is 9.78 Å². The highest BCUT2D eigenvalue weighted by molar-refractivity contribution is 7.13. The molecular weight excluding hydrogens is 434 g/mol. The Balaban J connectivity index is 1.28. The van der Waals surface area contributed by atoms with Gasteiger partial charge in [0.25, 0.3) is 5.56 Å². The zero-order valence-corrected chi connectivity index (χ0v) is 19.3. The standard InChI is InChI=1S/C25H27N5O2S/c31-22-17-3-1-4-18(17)26-24(28-22)30-21(10-19(29-30)20-5-2-6-33-20)27-23(32)25-11-14-7-15(12-25)9-16(8-14)13-25/h2,5-6,10,14-16H,1,3-4,7-9,11-13H2,(H,27,32)(H,26,28,31). The normalized spacial score (nSPS) is 29.4. The maximum Gasteiger partial charge on any atom is 0.255 e. The first-order valence-electron chi connectivity index (χ1n) is 12.1. The summed E-state index contributed by atoms with van der Waals surface area (Å²) in [6.07, 6.45) is 9.44. The zero-order chi connectivity index (χ0) is 22.2. The van der Waals surface area contributed by atoms with Crippen LogP contribution in [-0.2, 0) is 17.6 Å². The lowest BCUT2D eigenvalue weighted by molar-refractivity contribution is -0.140. The van der Waals surface area contributed by atoms with E-state index in [1.807, 2.05) is 23.6 Å². The minimum absolute atomic E-state index is 0.0981. The van der Waals surface area contributed by atoms with Crippen molar-refractivity contribution in [1.82, 2.24) is 19.7 Å². The largest absolute Gasteiger partial charge is 0.310 e. The summed E-state index contributed by atoms with van der Waals surface area (Å²) in [5.41, 5.74) is 2.04. The molecule has 3 aromatic rings. The fourth-order valence-corrected chi connectivity index (χ4v) is 8.02. The minimum Gasteiger partial charge on any atom is -0.310 e. The molecule has 7 nitrogen and oxygen atoms in total. The van der Waals surface area contributed by atoms with Gasteiger partial charge in [0.2, 0.25) is 11.9 Å². The number of anilines is 1. The number of fused-ring (bicyclic) bond motifs is 1. The Morgan fingerprint density at radius 3 is 2.61 bits per heavy atom.